The minimum atomic E-state index is -0.0513. The minimum Gasteiger partial charge on any atom is -0.496 e. The first-order chi connectivity index (χ1) is 9.29. The molecule has 4 nitrogen and oxygen atoms in total. The van der Waals surface area contributed by atoms with Crippen LogP contribution in [0.2, 0.25) is 0 Å². The molecule has 1 aromatic carbocycles. The number of methoxy groups -OCH3 is 1. The van der Waals surface area contributed by atoms with Crippen LogP contribution in [0, 0.1) is 0 Å². The van der Waals surface area contributed by atoms with E-state index in [0.717, 1.165) is 17.0 Å². The maximum absolute atomic E-state index is 11.8. The van der Waals surface area contributed by atoms with E-state index >= 15 is 0 Å². The summed E-state index contributed by atoms with van der Waals surface area (Å²) in [5.41, 5.74) is 1.72. The highest BCUT2D eigenvalue weighted by Crippen LogP contribution is 2.16. The Bertz CT molecular complexity index is 541. The second-order valence-electron chi connectivity index (χ2n) is 4.09. The number of amides is 1. The number of para-hydroxylation sites is 1. The van der Waals surface area contributed by atoms with Crippen molar-refractivity contribution >= 4 is 5.91 Å². The standard InChI is InChI=1S/C15H16N2O2/c1-19-14-8-3-2-6-12(14)11-17-15(18)10-13-7-4-5-9-16-13/h2-9H,10-11H2,1H3,(H,17,18). The molecular weight excluding hydrogens is 240 g/mol. The Morgan fingerprint density at radius 3 is 2.74 bits per heavy atom. The van der Waals surface area contributed by atoms with E-state index in [1.807, 2.05) is 42.5 Å². The number of pyridine rings is 1. The molecule has 2 aromatic rings. The summed E-state index contributed by atoms with van der Waals surface area (Å²) in [7, 11) is 1.62. The number of carbonyl (C=O) groups is 1. The van der Waals surface area contributed by atoms with Gasteiger partial charge in [0.05, 0.1) is 13.5 Å². The van der Waals surface area contributed by atoms with Crippen molar-refractivity contribution in [2.45, 2.75) is 13.0 Å². The number of hydrogen-bond donors (Lipinski definition) is 1. The van der Waals surface area contributed by atoms with E-state index in [4.69, 9.17) is 4.74 Å². The average molecular weight is 256 g/mol. The second kappa shape index (κ2) is 6.54. The van der Waals surface area contributed by atoms with Gasteiger partial charge in [-0.25, -0.2) is 0 Å². The van der Waals surface area contributed by atoms with Gasteiger partial charge in [0.25, 0.3) is 0 Å². The average Bonchev–Trinajstić information content (AvgIpc) is 2.46. The van der Waals surface area contributed by atoms with Crippen molar-refractivity contribution in [3.05, 3.63) is 59.9 Å². The zero-order valence-electron chi connectivity index (χ0n) is 10.8. The first kappa shape index (κ1) is 13.1. The largest absolute Gasteiger partial charge is 0.496 e. The predicted octanol–water partition coefficient (Wildman–Crippen LogP) is 1.95. The lowest BCUT2D eigenvalue weighted by atomic mass is 10.2. The Labute approximate surface area is 112 Å². The summed E-state index contributed by atoms with van der Waals surface area (Å²) in [5, 5.41) is 2.86. The summed E-state index contributed by atoms with van der Waals surface area (Å²) in [5.74, 6) is 0.727. The number of nitrogens with one attached hydrogen (secondary N) is 1. The molecule has 4 heteroatoms. The molecule has 1 N–H and O–H groups in total. The third-order valence-electron chi connectivity index (χ3n) is 2.74. The number of hydrogen-bond acceptors (Lipinski definition) is 3. The van der Waals surface area contributed by atoms with Crippen molar-refractivity contribution in [2.75, 3.05) is 7.11 Å². The van der Waals surface area contributed by atoms with Crippen molar-refractivity contribution in [2.24, 2.45) is 0 Å². The van der Waals surface area contributed by atoms with Crippen LogP contribution in [0.25, 0.3) is 0 Å². The highest BCUT2D eigenvalue weighted by atomic mass is 16.5. The van der Waals surface area contributed by atoms with E-state index in [-0.39, 0.29) is 12.3 Å². The fourth-order valence-corrected chi connectivity index (χ4v) is 1.77. The van der Waals surface area contributed by atoms with Crippen LogP contribution < -0.4 is 10.1 Å². The van der Waals surface area contributed by atoms with Crippen LogP contribution in [0.3, 0.4) is 0 Å². The van der Waals surface area contributed by atoms with E-state index in [1.54, 1.807) is 13.3 Å². The van der Waals surface area contributed by atoms with Gasteiger partial charge < -0.3 is 10.1 Å². The van der Waals surface area contributed by atoms with E-state index in [0.29, 0.717) is 6.54 Å². The Kier molecular flexibility index (Phi) is 4.50. The molecule has 0 bridgehead atoms. The van der Waals surface area contributed by atoms with Gasteiger partial charge in [-0.15, -0.1) is 0 Å². The molecule has 0 fully saturated rings. The summed E-state index contributed by atoms with van der Waals surface area (Å²) in [6.45, 7) is 0.454. The number of rotatable bonds is 5. The monoisotopic (exact) mass is 256 g/mol. The molecule has 0 saturated heterocycles. The number of ether oxygens (including phenoxy) is 1. The molecule has 0 radical (unpaired) electrons. The number of benzene rings is 1. The Hall–Kier alpha value is -2.36. The lowest BCUT2D eigenvalue weighted by Crippen LogP contribution is -2.25. The van der Waals surface area contributed by atoms with E-state index in [9.17, 15) is 4.79 Å². The Balaban J connectivity index is 1.90. The summed E-state index contributed by atoms with van der Waals surface area (Å²) in [4.78, 5) is 15.9. The van der Waals surface area contributed by atoms with E-state index < -0.39 is 0 Å². The maximum Gasteiger partial charge on any atom is 0.226 e. The molecular formula is C15H16N2O2. The second-order valence-corrected chi connectivity index (χ2v) is 4.09. The predicted molar refractivity (Wildman–Crippen MR) is 72.8 cm³/mol. The highest BCUT2D eigenvalue weighted by Gasteiger charge is 2.06. The lowest BCUT2D eigenvalue weighted by molar-refractivity contribution is -0.120. The maximum atomic E-state index is 11.8. The molecule has 0 aliphatic carbocycles. The molecule has 0 unspecified atom stereocenters. The molecule has 0 aliphatic heterocycles. The molecule has 1 heterocycles. The van der Waals surface area contributed by atoms with Gasteiger partial charge in [0.1, 0.15) is 5.75 Å². The van der Waals surface area contributed by atoms with Crippen molar-refractivity contribution in [1.82, 2.24) is 10.3 Å². The minimum absolute atomic E-state index is 0.0513. The zero-order valence-corrected chi connectivity index (χ0v) is 10.8. The van der Waals surface area contributed by atoms with Crippen molar-refractivity contribution in [3.8, 4) is 5.75 Å². The van der Waals surface area contributed by atoms with Crippen molar-refractivity contribution < 1.29 is 9.53 Å². The van der Waals surface area contributed by atoms with Crippen LogP contribution in [0.1, 0.15) is 11.3 Å². The van der Waals surface area contributed by atoms with Crippen molar-refractivity contribution in [1.29, 1.82) is 0 Å². The van der Waals surface area contributed by atoms with Gasteiger partial charge in [-0.1, -0.05) is 24.3 Å². The summed E-state index contributed by atoms with van der Waals surface area (Å²) in [6.07, 6.45) is 1.97. The molecule has 0 spiro atoms. The molecule has 1 amide bonds. The molecule has 19 heavy (non-hydrogen) atoms. The SMILES string of the molecule is COc1ccccc1CNC(=O)Cc1ccccn1. The molecule has 0 aliphatic rings. The third kappa shape index (κ3) is 3.81. The van der Waals surface area contributed by atoms with E-state index in [1.165, 1.54) is 0 Å². The molecule has 1 aromatic heterocycles. The number of nitrogens with zero attached hydrogens (tertiary/aromatic N) is 1. The van der Waals surface area contributed by atoms with Gasteiger partial charge in [0.15, 0.2) is 0 Å². The van der Waals surface area contributed by atoms with Crippen molar-refractivity contribution in [3.63, 3.8) is 0 Å². The van der Waals surface area contributed by atoms with Crippen LogP contribution in [0.4, 0.5) is 0 Å². The van der Waals surface area contributed by atoms with Gasteiger partial charge in [0.2, 0.25) is 5.91 Å². The topological polar surface area (TPSA) is 51.2 Å². The quantitative estimate of drug-likeness (QED) is 0.889. The van der Waals surface area contributed by atoms with Gasteiger partial charge in [0, 0.05) is 24.0 Å². The van der Waals surface area contributed by atoms with Gasteiger partial charge in [-0.2, -0.15) is 0 Å². The van der Waals surface area contributed by atoms with Crippen LogP contribution >= 0.6 is 0 Å². The van der Waals surface area contributed by atoms with E-state index in [2.05, 4.69) is 10.3 Å². The lowest BCUT2D eigenvalue weighted by Gasteiger charge is -2.09. The molecule has 98 valence electrons. The summed E-state index contributed by atoms with van der Waals surface area (Å²) < 4.78 is 5.23. The van der Waals surface area contributed by atoms with Crippen LogP contribution in [0.15, 0.2) is 48.7 Å². The van der Waals surface area contributed by atoms with Gasteiger partial charge in [-0.3, -0.25) is 9.78 Å². The Morgan fingerprint density at radius 1 is 1.21 bits per heavy atom. The fraction of sp³-hybridized carbons (Fsp3) is 0.200. The molecule has 2 rings (SSSR count). The van der Waals surface area contributed by atoms with Crippen LogP contribution in [-0.2, 0) is 17.8 Å². The molecule has 0 atom stereocenters. The van der Waals surface area contributed by atoms with Gasteiger partial charge in [-0.05, 0) is 18.2 Å². The normalized spacial score (nSPS) is 9.95. The van der Waals surface area contributed by atoms with Crippen LogP contribution in [-0.4, -0.2) is 18.0 Å². The summed E-state index contributed by atoms with van der Waals surface area (Å²) >= 11 is 0. The first-order valence-corrected chi connectivity index (χ1v) is 6.08. The highest BCUT2D eigenvalue weighted by molar-refractivity contribution is 5.78. The third-order valence-corrected chi connectivity index (χ3v) is 2.74. The fourth-order valence-electron chi connectivity index (χ4n) is 1.77. The molecule has 0 saturated carbocycles. The van der Waals surface area contributed by atoms with Gasteiger partial charge >= 0.3 is 0 Å². The van der Waals surface area contributed by atoms with Crippen LogP contribution in [0.5, 0.6) is 5.75 Å². The zero-order chi connectivity index (χ0) is 13.5. The number of carbonyl (C=O) groups excluding carboxylic acids is 1. The smallest absolute Gasteiger partial charge is 0.226 e. The Morgan fingerprint density at radius 2 is 2.00 bits per heavy atom. The first-order valence-electron chi connectivity index (χ1n) is 6.08. The number of aromatic nitrogens is 1. The summed E-state index contributed by atoms with van der Waals surface area (Å²) in [6, 6.07) is 13.2.